The van der Waals surface area contributed by atoms with Gasteiger partial charge in [-0.15, -0.1) is 0 Å². The molecule has 2 N–H and O–H groups in total. The molecule has 7 heteroatoms. The molecule has 1 aromatic heterocycles. The Balaban J connectivity index is 1.41. The predicted molar refractivity (Wildman–Crippen MR) is 96.6 cm³/mol. The van der Waals surface area contributed by atoms with Crippen molar-refractivity contribution in [2.24, 2.45) is 0 Å². The fourth-order valence-electron chi connectivity index (χ4n) is 3.70. The largest absolute Gasteiger partial charge is 0.379 e. The van der Waals surface area contributed by atoms with E-state index in [1.807, 2.05) is 7.05 Å². The molecule has 2 heterocycles. The summed E-state index contributed by atoms with van der Waals surface area (Å²) in [6.45, 7) is 7.08. The van der Waals surface area contributed by atoms with Crippen molar-refractivity contribution in [2.45, 2.75) is 51.6 Å². The molecule has 25 heavy (non-hydrogen) atoms. The fourth-order valence-corrected chi connectivity index (χ4v) is 3.70. The van der Waals surface area contributed by atoms with E-state index in [0.29, 0.717) is 19.1 Å². The van der Waals surface area contributed by atoms with E-state index < -0.39 is 0 Å². The van der Waals surface area contributed by atoms with Gasteiger partial charge < -0.3 is 15.0 Å². The molecule has 1 aromatic rings. The molecule has 1 aliphatic heterocycles. The summed E-state index contributed by atoms with van der Waals surface area (Å²) in [6, 6.07) is 0.439. The Kier molecular flexibility index (Phi) is 6.31. The predicted octanol–water partition coefficient (Wildman–Crippen LogP) is 1.54. The number of hydrogen-bond acceptors (Lipinski definition) is 4. The van der Waals surface area contributed by atoms with Gasteiger partial charge in [-0.1, -0.05) is 0 Å². The van der Waals surface area contributed by atoms with Crippen LogP contribution in [0, 0.1) is 0 Å². The van der Waals surface area contributed by atoms with Crippen molar-refractivity contribution in [2.75, 3.05) is 39.9 Å². The van der Waals surface area contributed by atoms with Gasteiger partial charge >= 0.3 is 6.03 Å². The second-order valence-corrected chi connectivity index (χ2v) is 7.21. The van der Waals surface area contributed by atoms with Crippen LogP contribution in [0.2, 0.25) is 0 Å². The molecule has 1 aliphatic carbocycles. The van der Waals surface area contributed by atoms with Gasteiger partial charge in [-0.25, -0.2) is 4.79 Å². The lowest BCUT2D eigenvalue weighted by Crippen LogP contribution is -2.44. The van der Waals surface area contributed by atoms with Crippen LogP contribution in [0.4, 0.5) is 4.79 Å². The quantitative estimate of drug-likeness (QED) is 0.817. The number of nitrogens with zero attached hydrogens (tertiary/aromatic N) is 3. The number of ether oxygens (including phenoxy) is 1. The van der Waals surface area contributed by atoms with E-state index >= 15 is 0 Å². The lowest BCUT2D eigenvalue weighted by Gasteiger charge is -2.32. The molecule has 0 radical (unpaired) electrons. The third-order valence-electron chi connectivity index (χ3n) is 5.38. The second kappa shape index (κ2) is 8.67. The van der Waals surface area contributed by atoms with Gasteiger partial charge in [0.15, 0.2) is 0 Å². The van der Waals surface area contributed by atoms with E-state index in [0.717, 1.165) is 51.3 Å². The number of rotatable bonds is 6. The number of morpholine rings is 1. The van der Waals surface area contributed by atoms with Crippen LogP contribution in [-0.2, 0) is 24.1 Å². The third-order valence-corrected chi connectivity index (χ3v) is 5.38. The summed E-state index contributed by atoms with van der Waals surface area (Å²) in [7, 11) is 1.84. The molecular formula is C18H31N5O2. The number of urea groups is 1. The minimum atomic E-state index is -0.0262. The zero-order valence-electron chi connectivity index (χ0n) is 15.5. The summed E-state index contributed by atoms with van der Waals surface area (Å²) < 4.78 is 5.39. The number of nitrogens with one attached hydrogen (secondary N) is 2. The van der Waals surface area contributed by atoms with Crippen molar-refractivity contribution in [3.8, 4) is 0 Å². The summed E-state index contributed by atoms with van der Waals surface area (Å²) in [5.74, 6) is 0. The lowest BCUT2D eigenvalue weighted by molar-refractivity contribution is 0.0188. The molecular weight excluding hydrogens is 318 g/mol. The van der Waals surface area contributed by atoms with Crippen LogP contribution in [0.1, 0.15) is 43.1 Å². The molecule has 2 aliphatic rings. The maximum atomic E-state index is 12.3. The molecule has 3 rings (SSSR count). The molecule has 0 unspecified atom stereocenters. The molecule has 1 saturated heterocycles. The lowest BCUT2D eigenvalue weighted by atomic mass is 9.96. The van der Waals surface area contributed by atoms with Crippen LogP contribution >= 0.6 is 0 Å². The topological polar surface area (TPSA) is 73.5 Å². The highest BCUT2D eigenvalue weighted by Gasteiger charge is 2.20. The highest BCUT2D eigenvalue weighted by atomic mass is 16.5. The van der Waals surface area contributed by atoms with Crippen LogP contribution in [0.3, 0.4) is 0 Å². The summed E-state index contributed by atoms with van der Waals surface area (Å²) in [6.07, 6.45) is 5.56. The van der Waals surface area contributed by atoms with Crippen molar-refractivity contribution >= 4 is 6.03 Å². The van der Waals surface area contributed by atoms with Gasteiger partial charge in [-0.05, 0) is 44.6 Å². The minimum absolute atomic E-state index is 0.0262. The van der Waals surface area contributed by atoms with Gasteiger partial charge in [-0.3, -0.25) is 10.00 Å². The van der Waals surface area contributed by atoms with Crippen molar-refractivity contribution < 1.29 is 9.53 Å². The number of aromatic nitrogens is 2. The van der Waals surface area contributed by atoms with E-state index in [2.05, 4.69) is 27.3 Å². The number of aromatic amines is 1. The fraction of sp³-hybridized carbons (Fsp3) is 0.778. The van der Waals surface area contributed by atoms with E-state index in [1.165, 1.54) is 24.1 Å². The van der Waals surface area contributed by atoms with Gasteiger partial charge in [0.25, 0.3) is 0 Å². The van der Waals surface area contributed by atoms with E-state index in [1.54, 1.807) is 4.90 Å². The van der Waals surface area contributed by atoms with Gasteiger partial charge in [0, 0.05) is 38.4 Å². The van der Waals surface area contributed by atoms with Crippen LogP contribution in [0.25, 0.3) is 0 Å². The molecule has 0 saturated carbocycles. The first kappa shape index (κ1) is 18.2. The van der Waals surface area contributed by atoms with Crippen LogP contribution in [-0.4, -0.2) is 72.0 Å². The standard InChI is InChI=1S/C18H31N5O2/c1-14(23-9-11-25-12-10-23)7-8-19-18(24)22(2)13-17-15-5-3-4-6-16(15)20-21-17/h14H,3-13H2,1-2H3,(H,19,24)(H,20,21)/t14-/m1/s1. The smallest absolute Gasteiger partial charge is 0.317 e. The summed E-state index contributed by atoms with van der Waals surface area (Å²) in [5.41, 5.74) is 3.61. The van der Waals surface area contributed by atoms with Crippen LogP contribution < -0.4 is 5.32 Å². The SMILES string of the molecule is C[C@H](CCNC(=O)N(C)Cc1n[nH]c2c1CCCC2)N1CCOCC1. The average Bonchev–Trinajstić information content (AvgIpc) is 3.05. The second-order valence-electron chi connectivity index (χ2n) is 7.21. The molecule has 2 amide bonds. The van der Waals surface area contributed by atoms with Crippen molar-refractivity contribution in [3.63, 3.8) is 0 Å². The van der Waals surface area contributed by atoms with Gasteiger partial charge in [0.2, 0.25) is 0 Å². The van der Waals surface area contributed by atoms with E-state index in [4.69, 9.17) is 4.74 Å². The van der Waals surface area contributed by atoms with Gasteiger partial charge in [0.05, 0.1) is 25.5 Å². The number of fused-ring (bicyclic) bond motifs is 1. The maximum Gasteiger partial charge on any atom is 0.317 e. The number of H-pyrrole nitrogens is 1. The average molecular weight is 349 g/mol. The first-order valence-electron chi connectivity index (χ1n) is 9.51. The summed E-state index contributed by atoms with van der Waals surface area (Å²) >= 11 is 0. The number of hydrogen-bond donors (Lipinski definition) is 2. The molecule has 0 bridgehead atoms. The molecule has 0 spiro atoms. The Morgan fingerprint density at radius 1 is 1.36 bits per heavy atom. The third kappa shape index (κ3) is 4.73. The molecule has 7 nitrogen and oxygen atoms in total. The minimum Gasteiger partial charge on any atom is -0.379 e. The van der Waals surface area contributed by atoms with Crippen LogP contribution in [0.5, 0.6) is 0 Å². The first-order chi connectivity index (χ1) is 12.1. The van der Waals surface area contributed by atoms with Crippen molar-refractivity contribution in [3.05, 3.63) is 17.0 Å². The zero-order valence-corrected chi connectivity index (χ0v) is 15.5. The Morgan fingerprint density at radius 2 is 2.12 bits per heavy atom. The van der Waals surface area contributed by atoms with Gasteiger partial charge in [0.1, 0.15) is 0 Å². The number of carbonyl (C=O) groups is 1. The molecule has 140 valence electrons. The Labute approximate surface area is 150 Å². The van der Waals surface area contributed by atoms with Crippen molar-refractivity contribution in [1.29, 1.82) is 0 Å². The Morgan fingerprint density at radius 3 is 2.92 bits per heavy atom. The van der Waals surface area contributed by atoms with E-state index in [9.17, 15) is 4.79 Å². The van der Waals surface area contributed by atoms with E-state index in [-0.39, 0.29) is 6.03 Å². The molecule has 1 atom stereocenters. The number of aryl methyl sites for hydroxylation is 1. The van der Waals surface area contributed by atoms with Gasteiger partial charge in [-0.2, -0.15) is 5.10 Å². The summed E-state index contributed by atoms with van der Waals surface area (Å²) in [5, 5.41) is 10.6. The maximum absolute atomic E-state index is 12.3. The molecule has 0 aromatic carbocycles. The van der Waals surface area contributed by atoms with Crippen molar-refractivity contribution in [1.82, 2.24) is 25.3 Å². The monoisotopic (exact) mass is 349 g/mol. The highest BCUT2D eigenvalue weighted by molar-refractivity contribution is 5.73. The Bertz CT molecular complexity index is 568. The first-order valence-corrected chi connectivity index (χ1v) is 9.51. The summed E-state index contributed by atoms with van der Waals surface area (Å²) in [4.78, 5) is 16.5. The zero-order chi connectivity index (χ0) is 17.6. The molecule has 1 fully saturated rings. The normalized spacial score (nSPS) is 19.3. The van der Waals surface area contributed by atoms with Crippen LogP contribution in [0.15, 0.2) is 0 Å². The highest BCUT2D eigenvalue weighted by Crippen LogP contribution is 2.22. The number of amides is 2. The Hall–Kier alpha value is -1.60. The number of carbonyl (C=O) groups excluding carboxylic acids is 1.